The Balaban J connectivity index is 1.26. The molecule has 0 radical (unpaired) electrons. The standard InChI is InChI=1S/C28H35N5O3/c1-3-14-32-25-11-6-5-10-23(25)24-17-30-33(28(35)27(24)32)19-26(34)29-16-21-12-13-22(36-21)18-31-15-8-7-9-20(31)4-2/h5-6,10-13,17,20H,3-4,7-9,14-16,18-19H2,1-2H3,(H,29,34)/t20-/m1/s1. The molecule has 190 valence electrons. The summed E-state index contributed by atoms with van der Waals surface area (Å²) in [5, 5.41) is 9.01. The average Bonchev–Trinajstić information content (AvgIpc) is 3.48. The van der Waals surface area contributed by atoms with E-state index in [9.17, 15) is 9.59 Å². The molecule has 0 unspecified atom stereocenters. The highest BCUT2D eigenvalue weighted by molar-refractivity contribution is 6.07. The summed E-state index contributed by atoms with van der Waals surface area (Å²) < 4.78 is 9.28. The predicted octanol–water partition coefficient (Wildman–Crippen LogP) is 4.44. The van der Waals surface area contributed by atoms with Crippen molar-refractivity contribution in [2.75, 3.05) is 6.54 Å². The molecule has 1 amide bonds. The number of para-hydroxylation sites is 1. The van der Waals surface area contributed by atoms with E-state index in [1.165, 1.54) is 23.9 Å². The van der Waals surface area contributed by atoms with Gasteiger partial charge in [0.1, 0.15) is 23.6 Å². The van der Waals surface area contributed by atoms with Crippen molar-refractivity contribution >= 4 is 27.7 Å². The van der Waals surface area contributed by atoms with E-state index in [2.05, 4.69) is 29.2 Å². The van der Waals surface area contributed by atoms with Gasteiger partial charge in [0.25, 0.3) is 5.56 Å². The van der Waals surface area contributed by atoms with Crippen LogP contribution in [-0.4, -0.2) is 37.7 Å². The zero-order valence-electron chi connectivity index (χ0n) is 21.2. The lowest BCUT2D eigenvalue weighted by Gasteiger charge is -2.34. The van der Waals surface area contributed by atoms with Gasteiger partial charge in [0.2, 0.25) is 5.91 Å². The number of fused-ring (bicyclic) bond motifs is 3. The fourth-order valence-electron chi connectivity index (χ4n) is 5.47. The summed E-state index contributed by atoms with van der Waals surface area (Å²) in [6.45, 7) is 7.11. The number of nitrogens with zero attached hydrogens (tertiary/aromatic N) is 4. The van der Waals surface area contributed by atoms with Gasteiger partial charge < -0.3 is 14.3 Å². The number of aryl methyl sites for hydroxylation is 1. The molecule has 3 aromatic heterocycles. The van der Waals surface area contributed by atoms with E-state index in [0.717, 1.165) is 54.5 Å². The number of furan rings is 1. The number of amides is 1. The summed E-state index contributed by atoms with van der Waals surface area (Å²) in [5.74, 6) is 1.36. The molecule has 8 heteroatoms. The maximum Gasteiger partial charge on any atom is 0.291 e. The Labute approximate surface area is 210 Å². The maximum atomic E-state index is 13.3. The molecule has 1 atom stereocenters. The quantitative estimate of drug-likeness (QED) is 0.376. The van der Waals surface area contributed by atoms with E-state index in [0.29, 0.717) is 17.3 Å². The third kappa shape index (κ3) is 4.82. The number of likely N-dealkylation sites (tertiary alicyclic amines) is 1. The fraction of sp³-hybridized carbons (Fsp3) is 0.464. The predicted molar refractivity (Wildman–Crippen MR) is 141 cm³/mol. The minimum atomic E-state index is -0.276. The molecular weight excluding hydrogens is 454 g/mol. The smallest absolute Gasteiger partial charge is 0.291 e. The highest BCUT2D eigenvalue weighted by atomic mass is 16.3. The normalized spacial score (nSPS) is 16.7. The van der Waals surface area contributed by atoms with Crippen molar-refractivity contribution in [3.05, 3.63) is 64.5 Å². The van der Waals surface area contributed by atoms with Crippen LogP contribution in [0.4, 0.5) is 0 Å². The number of aromatic nitrogens is 3. The lowest BCUT2D eigenvalue weighted by Crippen LogP contribution is -2.38. The van der Waals surface area contributed by atoms with Crippen molar-refractivity contribution in [2.24, 2.45) is 0 Å². The molecule has 1 N–H and O–H groups in total. The van der Waals surface area contributed by atoms with E-state index in [-0.39, 0.29) is 24.6 Å². The van der Waals surface area contributed by atoms with E-state index < -0.39 is 0 Å². The SMILES string of the molecule is CCCn1c2ccccc2c2cnn(CC(=O)NCc3ccc(CN4CCCC[C@H]4CC)o3)c(=O)c21. The highest BCUT2D eigenvalue weighted by Crippen LogP contribution is 2.26. The Morgan fingerprint density at radius 2 is 1.94 bits per heavy atom. The Morgan fingerprint density at radius 1 is 1.11 bits per heavy atom. The molecule has 4 aromatic rings. The fourth-order valence-corrected chi connectivity index (χ4v) is 5.47. The molecule has 0 saturated carbocycles. The van der Waals surface area contributed by atoms with Gasteiger partial charge in [-0.2, -0.15) is 5.10 Å². The van der Waals surface area contributed by atoms with Gasteiger partial charge in [-0.05, 0) is 50.4 Å². The first-order valence-electron chi connectivity index (χ1n) is 13.1. The van der Waals surface area contributed by atoms with Crippen LogP contribution in [0.25, 0.3) is 21.8 Å². The minimum absolute atomic E-state index is 0.137. The summed E-state index contributed by atoms with van der Waals surface area (Å²) in [5.41, 5.74) is 1.36. The van der Waals surface area contributed by atoms with E-state index in [4.69, 9.17) is 4.42 Å². The van der Waals surface area contributed by atoms with Crippen LogP contribution >= 0.6 is 0 Å². The van der Waals surface area contributed by atoms with Crippen molar-refractivity contribution in [3.8, 4) is 0 Å². The van der Waals surface area contributed by atoms with Crippen molar-refractivity contribution in [2.45, 2.75) is 78.2 Å². The molecule has 1 aromatic carbocycles. The Hall–Kier alpha value is -3.39. The van der Waals surface area contributed by atoms with Crippen LogP contribution in [0.3, 0.4) is 0 Å². The molecule has 4 heterocycles. The molecule has 1 aliphatic rings. The van der Waals surface area contributed by atoms with Crippen LogP contribution in [-0.2, 0) is 31.0 Å². The second-order valence-electron chi connectivity index (χ2n) is 9.71. The Bertz CT molecular complexity index is 1420. The largest absolute Gasteiger partial charge is 0.463 e. The van der Waals surface area contributed by atoms with Crippen LogP contribution in [0.2, 0.25) is 0 Å². The zero-order valence-corrected chi connectivity index (χ0v) is 21.2. The minimum Gasteiger partial charge on any atom is -0.463 e. The summed E-state index contributed by atoms with van der Waals surface area (Å²) in [7, 11) is 0. The van der Waals surface area contributed by atoms with Crippen LogP contribution in [0, 0.1) is 0 Å². The average molecular weight is 490 g/mol. The molecule has 1 saturated heterocycles. The van der Waals surface area contributed by atoms with Gasteiger partial charge in [0, 0.05) is 28.9 Å². The number of hydrogen-bond donors (Lipinski definition) is 1. The van der Waals surface area contributed by atoms with Crippen LogP contribution in [0.1, 0.15) is 57.5 Å². The van der Waals surface area contributed by atoms with Gasteiger partial charge in [-0.3, -0.25) is 14.5 Å². The maximum absolute atomic E-state index is 13.3. The van der Waals surface area contributed by atoms with Gasteiger partial charge >= 0.3 is 0 Å². The van der Waals surface area contributed by atoms with Crippen molar-refractivity contribution in [1.29, 1.82) is 0 Å². The molecule has 0 aliphatic carbocycles. The number of benzene rings is 1. The van der Waals surface area contributed by atoms with Gasteiger partial charge in [-0.1, -0.05) is 38.5 Å². The van der Waals surface area contributed by atoms with Gasteiger partial charge in [0.15, 0.2) is 0 Å². The molecule has 1 aliphatic heterocycles. The van der Waals surface area contributed by atoms with Crippen LogP contribution in [0.15, 0.2) is 51.8 Å². The number of nitrogens with one attached hydrogen (secondary N) is 1. The summed E-state index contributed by atoms with van der Waals surface area (Å²) in [6, 6.07) is 12.5. The lowest BCUT2D eigenvalue weighted by molar-refractivity contribution is -0.122. The first-order valence-corrected chi connectivity index (χ1v) is 13.1. The Morgan fingerprint density at radius 3 is 2.78 bits per heavy atom. The third-order valence-electron chi connectivity index (χ3n) is 7.27. The molecule has 5 rings (SSSR count). The zero-order chi connectivity index (χ0) is 25.1. The number of carbonyl (C=O) groups is 1. The van der Waals surface area contributed by atoms with Crippen LogP contribution in [0.5, 0.6) is 0 Å². The van der Waals surface area contributed by atoms with E-state index in [1.807, 2.05) is 41.0 Å². The monoisotopic (exact) mass is 489 g/mol. The third-order valence-corrected chi connectivity index (χ3v) is 7.27. The van der Waals surface area contributed by atoms with Crippen molar-refractivity contribution in [3.63, 3.8) is 0 Å². The lowest BCUT2D eigenvalue weighted by atomic mass is 10.00. The summed E-state index contributed by atoms with van der Waals surface area (Å²) in [4.78, 5) is 28.5. The first-order chi connectivity index (χ1) is 17.6. The highest BCUT2D eigenvalue weighted by Gasteiger charge is 2.22. The Kier molecular flexibility index (Phi) is 7.23. The summed E-state index contributed by atoms with van der Waals surface area (Å²) in [6.07, 6.45) is 7.54. The van der Waals surface area contributed by atoms with Crippen LogP contribution < -0.4 is 10.9 Å². The first kappa shape index (κ1) is 24.3. The van der Waals surface area contributed by atoms with Gasteiger partial charge in [-0.15, -0.1) is 0 Å². The van der Waals surface area contributed by atoms with Gasteiger partial charge in [0.05, 0.1) is 19.3 Å². The molecule has 0 spiro atoms. The number of hydrogen-bond acceptors (Lipinski definition) is 5. The number of carbonyl (C=O) groups excluding carboxylic acids is 1. The molecule has 8 nitrogen and oxygen atoms in total. The van der Waals surface area contributed by atoms with Crippen molar-refractivity contribution < 1.29 is 9.21 Å². The molecule has 0 bridgehead atoms. The molecule has 36 heavy (non-hydrogen) atoms. The van der Waals surface area contributed by atoms with E-state index >= 15 is 0 Å². The van der Waals surface area contributed by atoms with Gasteiger partial charge in [-0.25, -0.2) is 4.68 Å². The second-order valence-corrected chi connectivity index (χ2v) is 9.71. The second kappa shape index (κ2) is 10.7. The number of rotatable bonds is 9. The number of piperidine rings is 1. The molecule has 1 fully saturated rings. The summed E-state index contributed by atoms with van der Waals surface area (Å²) >= 11 is 0. The topological polar surface area (TPSA) is 85.3 Å². The molecular formula is C28H35N5O3. The van der Waals surface area contributed by atoms with Crippen molar-refractivity contribution in [1.82, 2.24) is 24.6 Å². The van der Waals surface area contributed by atoms with E-state index in [1.54, 1.807) is 6.20 Å².